The maximum Gasteiger partial charge on any atom is 0.436 e. The minimum atomic E-state index is -4.58. The van der Waals surface area contributed by atoms with Crippen molar-refractivity contribution in [3.8, 4) is 0 Å². The molecule has 0 saturated heterocycles. The predicted molar refractivity (Wildman–Crippen MR) is 98.0 cm³/mol. The van der Waals surface area contributed by atoms with Crippen molar-refractivity contribution in [2.45, 2.75) is 44.8 Å². The fraction of sp³-hybridized carbons (Fsp3) is 0.412. The summed E-state index contributed by atoms with van der Waals surface area (Å²) in [6.45, 7) is 1.62. The van der Waals surface area contributed by atoms with Crippen LogP contribution in [0.2, 0.25) is 0 Å². The molecule has 0 unspecified atom stereocenters. The lowest BCUT2D eigenvalue weighted by Crippen LogP contribution is -2.17. The summed E-state index contributed by atoms with van der Waals surface area (Å²) in [6, 6.07) is 4.03. The predicted octanol–water partition coefficient (Wildman–Crippen LogP) is 4.79. The van der Waals surface area contributed by atoms with E-state index in [1.807, 2.05) is 0 Å². The zero-order valence-electron chi connectivity index (χ0n) is 14.7. The lowest BCUT2D eigenvalue weighted by atomic mass is 10.1. The highest BCUT2D eigenvalue weighted by atomic mass is 79.9. The first-order chi connectivity index (χ1) is 13.1. The molecule has 1 heterocycles. The Hall–Kier alpha value is -2.43. The van der Waals surface area contributed by atoms with E-state index >= 15 is 0 Å². The van der Waals surface area contributed by atoms with Gasteiger partial charge < -0.3 is 5.32 Å². The van der Waals surface area contributed by atoms with Gasteiger partial charge in [0.2, 0.25) is 5.91 Å². The molecule has 28 heavy (non-hydrogen) atoms. The number of hydrogen-bond acceptors (Lipinski definition) is 4. The number of carbonyl (C=O) groups excluding carboxylic acids is 1. The first-order valence-electron chi connectivity index (χ1n) is 8.46. The van der Waals surface area contributed by atoms with Crippen molar-refractivity contribution in [1.82, 2.24) is 9.78 Å². The van der Waals surface area contributed by atoms with Crippen LogP contribution in [0, 0.1) is 17.0 Å². The fourth-order valence-corrected chi connectivity index (χ4v) is 3.71. The van der Waals surface area contributed by atoms with Crippen LogP contribution < -0.4 is 5.32 Å². The minimum Gasteiger partial charge on any atom is -0.326 e. The summed E-state index contributed by atoms with van der Waals surface area (Å²) < 4.78 is 40.5. The van der Waals surface area contributed by atoms with Crippen LogP contribution in [-0.4, -0.2) is 20.6 Å². The van der Waals surface area contributed by atoms with Crippen LogP contribution >= 0.6 is 15.9 Å². The number of nitro benzene ring substituents is 1. The Morgan fingerprint density at radius 1 is 1.43 bits per heavy atom. The molecule has 3 rings (SSSR count). The molecule has 1 aromatic heterocycles. The molecule has 150 valence electrons. The Morgan fingerprint density at radius 2 is 2.11 bits per heavy atom. The number of alkyl halides is 3. The largest absolute Gasteiger partial charge is 0.436 e. The third kappa shape index (κ3) is 4.34. The van der Waals surface area contributed by atoms with Crippen molar-refractivity contribution < 1.29 is 22.9 Å². The zero-order chi connectivity index (χ0) is 20.6. The number of anilines is 1. The van der Waals surface area contributed by atoms with E-state index in [0.717, 1.165) is 12.8 Å². The van der Waals surface area contributed by atoms with Crippen molar-refractivity contribution in [3.05, 3.63) is 49.7 Å². The number of nitrogens with zero attached hydrogens (tertiary/aromatic N) is 3. The van der Waals surface area contributed by atoms with E-state index in [4.69, 9.17) is 0 Å². The number of non-ortho nitro benzene ring substituents is 1. The van der Waals surface area contributed by atoms with Crippen molar-refractivity contribution in [3.63, 3.8) is 0 Å². The van der Waals surface area contributed by atoms with Gasteiger partial charge in [0.25, 0.3) is 5.69 Å². The summed E-state index contributed by atoms with van der Waals surface area (Å²) in [7, 11) is 0. The van der Waals surface area contributed by atoms with E-state index in [1.54, 1.807) is 6.92 Å². The lowest BCUT2D eigenvalue weighted by Gasteiger charge is -2.10. The first-order valence-corrected chi connectivity index (χ1v) is 9.25. The maximum atomic E-state index is 13.1. The van der Waals surface area contributed by atoms with E-state index in [1.165, 1.54) is 22.9 Å². The number of nitrogens with one attached hydrogen (secondary N) is 1. The second-order valence-corrected chi connectivity index (χ2v) is 7.39. The van der Waals surface area contributed by atoms with Gasteiger partial charge in [-0.25, -0.2) is 0 Å². The van der Waals surface area contributed by atoms with E-state index in [2.05, 4.69) is 26.3 Å². The monoisotopic (exact) mass is 460 g/mol. The zero-order valence-corrected chi connectivity index (χ0v) is 16.3. The highest BCUT2D eigenvalue weighted by Gasteiger charge is 2.41. The molecular weight excluding hydrogens is 445 g/mol. The number of carbonyl (C=O) groups is 1. The molecule has 1 aliphatic carbocycles. The number of rotatable bonds is 6. The molecule has 11 heteroatoms. The summed E-state index contributed by atoms with van der Waals surface area (Å²) in [6.07, 6.45) is -3.08. The van der Waals surface area contributed by atoms with Gasteiger partial charge in [0.05, 0.1) is 21.6 Å². The molecule has 1 amide bonds. The summed E-state index contributed by atoms with van der Waals surface area (Å²) in [5, 5.41) is 17.0. The topological polar surface area (TPSA) is 90.1 Å². The lowest BCUT2D eigenvalue weighted by molar-refractivity contribution is -0.384. The maximum absolute atomic E-state index is 13.1. The number of halogens is 4. The number of benzene rings is 1. The van der Waals surface area contributed by atoms with Gasteiger partial charge in [-0.2, -0.15) is 18.3 Å². The molecule has 1 N–H and O–H groups in total. The molecular formula is C17H16BrF3N4O3. The van der Waals surface area contributed by atoms with E-state index < -0.39 is 22.7 Å². The van der Waals surface area contributed by atoms with Crippen molar-refractivity contribution in [2.75, 3.05) is 5.32 Å². The number of aromatic nitrogens is 2. The molecule has 0 aliphatic heterocycles. The first kappa shape index (κ1) is 20.3. The molecule has 1 aromatic carbocycles. The summed E-state index contributed by atoms with van der Waals surface area (Å²) in [4.78, 5) is 22.4. The van der Waals surface area contributed by atoms with Gasteiger partial charge in [0.1, 0.15) is 0 Å². The molecule has 1 fully saturated rings. The van der Waals surface area contributed by atoms with Gasteiger partial charge in [-0.05, 0) is 47.3 Å². The number of nitro groups is 1. The molecule has 2 aromatic rings. The second-order valence-electron chi connectivity index (χ2n) is 6.60. The fourth-order valence-electron chi connectivity index (χ4n) is 2.87. The number of hydrogen-bond donors (Lipinski definition) is 1. The molecule has 0 atom stereocenters. The Labute approximate surface area is 166 Å². The number of aryl methyl sites for hydroxylation is 2. The molecule has 1 aliphatic rings. The van der Waals surface area contributed by atoms with Gasteiger partial charge in [-0.3, -0.25) is 19.6 Å². The van der Waals surface area contributed by atoms with Crippen molar-refractivity contribution >= 4 is 33.2 Å². The van der Waals surface area contributed by atoms with Crippen LogP contribution in [-0.2, 0) is 17.5 Å². The van der Waals surface area contributed by atoms with E-state index in [-0.39, 0.29) is 29.0 Å². The summed E-state index contributed by atoms with van der Waals surface area (Å²) in [5.41, 5.74) is 0.316. The summed E-state index contributed by atoms with van der Waals surface area (Å²) >= 11 is 3.01. The van der Waals surface area contributed by atoms with E-state index in [9.17, 15) is 28.1 Å². The molecule has 0 radical (unpaired) electrons. The number of amides is 1. The standard InChI is InChI=1S/C17H16BrF3N4O3/c1-9-8-11(25(27)28)4-5-12(9)22-13(26)6-7-24-15(10-2-3-10)14(18)16(23-24)17(19,20)21/h4-5,8,10H,2-3,6-7H2,1H3,(H,22,26). The Balaban J connectivity index is 1.71. The van der Waals surface area contributed by atoms with Crippen LogP contribution in [0.15, 0.2) is 22.7 Å². The molecule has 0 spiro atoms. The Bertz CT molecular complexity index is 938. The van der Waals surface area contributed by atoms with Gasteiger partial charge in [0, 0.05) is 30.2 Å². The van der Waals surface area contributed by atoms with Crippen LogP contribution in [0.3, 0.4) is 0 Å². The van der Waals surface area contributed by atoms with Gasteiger partial charge in [0.15, 0.2) is 5.69 Å². The SMILES string of the molecule is Cc1cc([N+](=O)[O-])ccc1NC(=O)CCn1nc(C(F)(F)F)c(Br)c1C1CC1. The summed E-state index contributed by atoms with van der Waals surface area (Å²) in [5.74, 6) is -0.406. The smallest absolute Gasteiger partial charge is 0.326 e. The third-order valence-electron chi connectivity index (χ3n) is 4.41. The second kappa shape index (κ2) is 7.53. The highest BCUT2D eigenvalue weighted by Crippen LogP contribution is 2.47. The van der Waals surface area contributed by atoms with E-state index in [0.29, 0.717) is 16.9 Å². The Morgan fingerprint density at radius 3 is 2.64 bits per heavy atom. The third-order valence-corrected chi connectivity index (χ3v) is 5.19. The average Bonchev–Trinajstić information content (AvgIpc) is 3.36. The highest BCUT2D eigenvalue weighted by molar-refractivity contribution is 9.10. The van der Waals surface area contributed by atoms with Crippen molar-refractivity contribution in [2.24, 2.45) is 0 Å². The minimum absolute atomic E-state index is 0.00161. The van der Waals surface area contributed by atoms with Crippen LogP contribution in [0.25, 0.3) is 0 Å². The molecule has 0 bridgehead atoms. The van der Waals surface area contributed by atoms with Crippen LogP contribution in [0.5, 0.6) is 0 Å². The van der Waals surface area contributed by atoms with Gasteiger partial charge in [-0.15, -0.1) is 0 Å². The average molecular weight is 461 g/mol. The van der Waals surface area contributed by atoms with Gasteiger partial charge >= 0.3 is 6.18 Å². The normalized spacial score (nSPS) is 14.2. The van der Waals surface area contributed by atoms with Crippen LogP contribution in [0.4, 0.5) is 24.5 Å². The molecule has 7 nitrogen and oxygen atoms in total. The van der Waals surface area contributed by atoms with Gasteiger partial charge in [-0.1, -0.05) is 0 Å². The van der Waals surface area contributed by atoms with Crippen LogP contribution in [0.1, 0.15) is 42.1 Å². The van der Waals surface area contributed by atoms with Crippen molar-refractivity contribution in [1.29, 1.82) is 0 Å². The quantitative estimate of drug-likeness (QED) is 0.495. The Kier molecular flexibility index (Phi) is 5.46. The molecule has 1 saturated carbocycles.